The summed E-state index contributed by atoms with van der Waals surface area (Å²) in [6.07, 6.45) is 2.18. The number of hydrogen-bond donors (Lipinski definition) is 5. The predicted octanol–water partition coefficient (Wildman–Crippen LogP) is 4.21. The second-order valence-electron chi connectivity index (χ2n) is 15.6. The molecule has 312 valence electrons. The molecule has 2 unspecified atom stereocenters. The maximum atomic E-state index is 15.7. The van der Waals surface area contributed by atoms with Crippen molar-refractivity contribution in [2.24, 2.45) is 21.8 Å². The average Bonchev–Trinajstić information content (AvgIpc) is 4.00. The van der Waals surface area contributed by atoms with E-state index >= 15 is 4.39 Å². The number of nitrogens with zero attached hydrogens (tertiary/aromatic N) is 3. The minimum atomic E-state index is -0.741. The number of fused-ring (bicyclic) bond motifs is 2. The first-order valence-electron chi connectivity index (χ1n) is 19.9. The molecule has 0 aliphatic carbocycles. The van der Waals surface area contributed by atoms with E-state index in [1.807, 2.05) is 33.8 Å². The van der Waals surface area contributed by atoms with Gasteiger partial charge in [0.2, 0.25) is 17.2 Å². The molecule has 3 aliphatic rings. The molecule has 3 aromatic rings. The van der Waals surface area contributed by atoms with Gasteiger partial charge in [-0.15, -0.1) is 0 Å². The van der Waals surface area contributed by atoms with Crippen LogP contribution in [0.25, 0.3) is 21.9 Å². The van der Waals surface area contributed by atoms with E-state index in [2.05, 4.69) is 36.3 Å². The molecule has 0 bridgehead atoms. The van der Waals surface area contributed by atoms with Crippen LogP contribution in [0.3, 0.4) is 0 Å². The zero-order chi connectivity index (χ0) is 41.7. The second-order valence-corrected chi connectivity index (χ2v) is 15.6. The van der Waals surface area contributed by atoms with Gasteiger partial charge in [-0.3, -0.25) is 24.4 Å². The number of methoxy groups -OCH3 is 2. The SMILES string of the molecule is COC(=O)N[C@H](C(=O)NCCCCC1=NCC(c2cc3oc4ccc(C5CN=C([C@@H]6CCCN6C(=O)[C@@H](NC(=O)OC)C(C)C)N5)cc4c(=O)c3cc2F)N1)C(C)C. The molecule has 2 aromatic carbocycles. The normalized spacial score (nSPS) is 20.0. The number of ether oxygens (including phenoxy) is 2. The third-order valence-corrected chi connectivity index (χ3v) is 11.0. The van der Waals surface area contributed by atoms with Crippen molar-refractivity contribution in [1.82, 2.24) is 31.5 Å². The zero-order valence-electron chi connectivity index (χ0n) is 33.8. The number of aliphatic imine (C=N–C) groups is 2. The maximum Gasteiger partial charge on any atom is 0.407 e. The molecule has 5 atom stereocenters. The molecule has 0 radical (unpaired) electrons. The van der Waals surface area contributed by atoms with Crippen LogP contribution < -0.4 is 32.0 Å². The molecular weight excluding hydrogens is 751 g/mol. The standard InChI is InChI=1S/C41H53FN8O8/c1-21(2)34(48-40(54)56-5)38(52)43-14-8-7-11-33-44-20-29(46-33)24-18-32-26(17-27(24)42)36(51)25-16-23(12-13-31(25)58-32)28-19-45-37(47-28)30-10-9-15-50(30)39(53)35(22(3)4)49-41(55)57-6/h12-13,16-18,21-22,28-30,34-35H,7-11,14-15,19-20H2,1-6H3,(H,43,52)(H,44,46)(H,45,47)(H,48,54)(H,49,55)/t28?,29?,30-,34-,35-/m0/s1. The molecule has 4 heterocycles. The average molecular weight is 805 g/mol. The first kappa shape index (κ1) is 41.9. The van der Waals surface area contributed by atoms with Gasteiger partial charge in [0.1, 0.15) is 34.9 Å². The summed E-state index contributed by atoms with van der Waals surface area (Å²) in [5, 5.41) is 15.3. The molecule has 16 nitrogen and oxygen atoms in total. The summed E-state index contributed by atoms with van der Waals surface area (Å²) in [4.78, 5) is 74.6. The van der Waals surface area contributed by atoms with Crippen LogP contribution in [0.5, 0.6) is 0 Å². The van der Waals surface area contributed by atoms with Gasteiger partial charge in [-0.1, -0.05) is 33.8 Å². The number of amidine groups is 2. The molecule has 1 saturated heterocycles. The topological polar surface area (TPSA) is 205 Å². The zero-order valence-corrected chi connectivity index (χ0v) is 33.8. The fraction of sp³-hybridized carbons (Fsp3) is 0.537. The van der Waals surface area contributed by atoms with Crippen LogP contribution in [0.1, 0.15) is 83.0 Å². The highest BCUT2D eigenvalue weighted by Crippen LogP contribution is 2.30. The lowest BCUT2D eigenvalue weighted by molar-refractivity contribution is -0.134. The number of alkyl carbamates (subject to hydrolysis) is 2. The highest BCUT2D eigenvalue weighted by Gasteiger charge is 2.39. The third-order valence-electron chi connectivity index (χ3n) is 11.0. The fourth-order valence-corrected chi connectivity index (χ4v) is 7.72. The number of amides is 4. The van der Waals surface area contributed by atoms with Gasteiger partial charge in [0.05, 0.1) is 62.0 Å². The van der Waals surface area contributed by atoms with E-state index in [1.54, 1.807) is 23.1 Å². The largest absolute Gasteiger partial charge is 0.456 e. The molecule has 3 aliphatic heterocycles. The number of nitrogens with one attached hydrogen (secondary N) is 5. The van der Waals surface area contributed by atoms with Crippen molar-refractivity contribution in [3.63, 3.8) is 0 Å². The third kappa shape index (κ3) is 9.18. The van der Waals surface area contributed by atoms with E-state index in [4.69, 9.17) is 14.1 Å². The van der Waals surface area contributed by atoms with Crippen molar-refractivity contribution < 1.29 is 37.5 Å². The van der Waals surface area contributed by atoms with Crippen LogP contribution in [0, 0.1) is 17.7 Å². The molecule has 0 spiro atoms. The van der Waals surface area contributed by atoms with Gasteiger partial charge in [-0.2, -0.15) is 0 Å². The number of carbonyl (C=O) groups excluding carboxylic acids is 4. The molecule has 1 fully saturated rings. The van der Waals surface area contributed by atoms with Crippen molar-refractivity contribution in [3.8, 4) is 0 Å². The monoisotopic (exact) mass is 804 g/mol. The predicted molar refractivity (Wildman–Crippen MR) is 216 cm³/mol. The van der Waals surface area contributed by atoms with E-state index in [0.717, 1.165) is 30.7 Å². The van der Waals surface area contributed by atoms with E-state index < -0.39 is 36.1 Å². The Labute approximate surface area is 335 Å². The molecule has 4 amide bonds. The Kier molecular flexibility index (Phi) is 13.2. The number of unbranched alkanes of at least 4 members (excludes halogenated alkanes) is 1. The molecule has 58 heavy (non-hydrogen) atoms. The van der Waals surface area contributed by atoms with Crippen LogP contribution >= 0.6 is 0 Å². The number of halogens is 1. The van der Waals surface area contributed by atoms with Crippen LogP contribution in [0.4, 0.5) is 14.0 Å². The lowest BCUT2D eigenvalue weighted by Gasteiger charge is -2.31. The van der Waals surface area contributed by atoms with Gasteiger partial charge in [0, 0.05) is 25.1 Å². The summed E-state index contributed by atoms with van der Waals surface area (Å²) in [5.41, 5.74) is 1.43. The molecular formula is C41H53FN8O8. The minimum absolute atomic E-state index is 0.119. The van der Waals surface area contributed by atoms with Crippen molar-refractivity contribution in [1.29, 1.82) is 0 Å². The minimum Gasteiger partial charge on any atom is -0.456 e. The number of rotatable bonds is 14. The maximum absolute atomic E-state index is 15.7. The Morgan fingerprint density at radius 3 is 2.29 bits per heavy atom. The van der Waals surface area contributed by atoms with Crippen molar-refractivity contribution in [3.05, 3.63) is 57.5 Å². The van der Waals surface area contributed by atoms with E-state index in [1.165, 1.54) is 20.3 Å². The van der Waals surface area contributed by atoms with Crippen molar-refractivity contribution >= 4 is 57.6 Å². The summed E-state index contributed by atoms with van der Waals surface area (Å²) in [6.45, 7) is 9.07. The van der Waals surface area contributed by atoms with E-state index in [9.17, 15) is 24.0 Å². The van der Waals surface area contributed by atoms with Crippen molar-refractivity contribution in [2.45, 2.75) is 90.0 Å². The lowest BCUT2D eigenvalue weighted by atomic mass is 10.0. The summed E-state index contributed by atoms with van der Waals surface area (Å²) < 4.78 is 31.2. The quantitative estimate of drug-likeness (QED) is 0.116. The smallest absolute Gasteiger partial charge is 0.407 e. The van der Waals surface area contributed by atoms with E-state index in [-0.39, 0.29) is 52.1 Å². The van der Waals surface area contributed by atoms with Gasteiger partial charge >= 0.3 is 12.2 Å². The number of hydrogen-bond acceptors (Lipinski definition) is 12. The molecule has 0 saturated carbocycles. The van der Waals surface area contributed by atoms with Gasteiger partial charge in [0.25, 0.3) is 0 Å². The lowest BCUT2D eigenvalue weighted by Crippen LogP contribution is -2.54. The fourth-order valence-electron chi connectivity index (χ4n) is 7.72. The summed E-state index contributed by atoms with van der Waals surface area (Å²) in [7, 11) is 2.51. The van der Waals surface area contributed by atoms with Crippen molar-refractivity contribution in [2.75, 3.05) is 40.4 Å². The van der Waals surface area contributed by atoms with Gasteiger partial charge in [-0.05, 0) is 67.3 Å². The first-order chi connectivity index (χ1) is 27.8. The Morgan fingerprint density at radius 2 is 1.59 bits per heavy atom. The van der Waals surface area contributed by atoms with Crippen LogP contribution in [0.15, 0.2) is 49.5 Å². The van der Waals surface area contributed by atoms with Gasteiger partial charge in [-0.25, -0.2) is 14.0 Å². The summed E-state index contributed by atoms with van der Waals surface area (Å²) >= 11 is 0. The van der Waals surface area contributed by atoms with E-state index in [0.29, 0.717) is 61.4 Å². The first-order valence-corrected chi connectivity index (χ1v) is 19.9. The van der Waals surface area contributed by atoms with Gasteiger partial charge < -0.3 is 45.4 Å². The van der Waals surface area contributed by atoms with Gasteiger partial charge in [0.15, 0.2) is 0 Å². The number of likely N-dealkylation sites (tertiary alicyclic amines) is 1. The molecule has 6 rings (SSSR count). The highest BCUT2D eigenvalue weighted by molar-refractivity contribution is 5.96. The summed E-state index contributed by atoms with van der Waals surface area (Å²) in [6, 6.07) is 5.74. The molecule has 5 N–H and O–H groups in total. The Balaban J connectivity index is 1.06. The van der Waals surface area contributed by atoms with Crippen LogP contribution in [0.2, 0.25) is 0 Å². The summed E-state index contributed by atoms with van der Waals surface area (Å²) in [5.74, 6) is 0.119. The highest BCUT2D eigenvalue weighted by atomic mass is 19.1. The Hall–Kier alpha value is -5.74. The Bertz CT molecular complexity index is 2170. The molecule has 1 aromatic heterocycles. The Morgan fingerprint density at radius 1 is 0.897 bits per heavy atom. The number of benzene rings is 2. The number of carbonyl (C=O) groups is 4. The van der Waals surface area contributed by atoms with Crippen LogP contribution in [-0.4, -0.2) is 99.1 Å². The molecule has 17 heteroatoms. The van der Waals surface area contributed by atoms with Crippen LogP contribution in [-0.2, 0) is 19.1 Å². The second kappa shape index (κ2) is 18.2.